The number of hydrogen-bond donors (Lipinski definition) is 3. The number of Topliss-reactive ketones (excluding diaryl/α,β-unsaturated/α-hetero) is 2. The molecular formula is C36H51N5O6. The van der Waals surface area contributed by atoms with Crippen molar-refractivity contribution in [3.63, 3.8) is 0 Å². The van der Waals surface area contributed by atoms with Crippen LogP contribution in [0.1, 0.15) is 109 Å². The molecule has 4 amide bonds. The van der Waals surface area contributed by atoms with Crippen molar-refractivity contribution in [3.05, 3.63) is 36.0 Å². The van der Waals surface area contributed by atoms with Gasteiger partial charge in [0.2, 0.25) is 17.7 Å². The highest BCUT2D eigenvalue weighted by Gasteiger charge is 2.42. The molecule has 1 aromatic heterocycles. The van der Waals surface area contributed by atoms with Crippen molar-refractivity contribution >= 4 is 46.1 Å². The summed E-state index contributed by atoms with van der Waals surface area (Å²) >= 11 is 0. The number of carbonyl (C=O) groups excluding carboxylic acids is 6. The number of fused-ring (bicyclic) bond motifs is 2. The summed E-state index contributed by atoms with van der Waals surface area (Å²) in [4.78, 5) is 83.5. The number of carbonyl (C=O) groups is 6. The Morgan fingerprint density at radius 2 is 1.68 bits per heavy atom. The first-order chi connectivity index (χ1) is 22.6. The lowest BCUT2D eigenvalue weighted by molar-refractivity contribution is -0.147. The van der Waals surface area contributed by atoms with Crippen molar-refractivity contribution in [1.29, 1.82) is 0 Å². The van der Waals surface area contributed by atoms with Crippen LogP contribution in [0.15, 0.2) is 30.5 Å². The Hall–Kier alpha value is -4.02. The summed E-state index contributed by atoms with van der Waals surface area (Å²) in [6, 6.07) is 3.04. The van der Waals surface area contributed by atoms with Crippen LogP contribution in [0.4, 0.5) is 0 Å². The second kappa shape index (κ2) is 16.7. The second-order valence-corrected chi connectivity index (χ2v) is 13.0. The summed E-state index contributed by atoms with van der Waals surface area (Å²) in [6.07, 6.45) is 8.14. The topological polar surface area (TPSA) is 147 Å². The quantitative estimate of drug-likeness (QED) is 0.170. The molecule has 3 N–H and O–H groups in total. The van der Waals surface area contributed by atoms with Gasteiger partial charge in [0.15, 0.2) is 11.8 Å². The Morgan fingerprint density at radius 3 is 2.40 bits per heavy atom. The number of aryl methyl sites for hydroxylation is 1. The molecule has 0 bridgehead atoms. The molecule has 0 unspecified atom stereocenters. The summed E-state index contributed by atoms with van der Waals surface area (Å²) in [7, 11) is 0. The number of unbranched alkanes of at least 4 members (excludes halogenated alkanes) is 2. The molecule has 1 aromatic carbocycles. The number of ketones is 2. The predicted molar refractivity (Wildman–Crippen MR) is 180 cm³/mol. The van der Waals surface area contributed by atoms with Gasteiger partial charge in [-0.05, 0) is 50.5 Å². The predicted octanol–water partition coefficient (Wildman–Crippen LogP) is 4.06. The van der Waals surface area contributed by atoms with Crippen molar-refractivity contribution in [2.24, 2.45) is 5.92 Å². The number of aromatic nitrogens is 1. The lowest BCUT2D eigenvalue weighted by Crippen LogP contribution is -2.65. The van der Waals surface area contributed by atoms with Gasteiger partial charge in [-0.3, -0.25) is 28.8 Å². The molecule has 2 fully saturated rings. The molecular weight excluding hydrogens is 598 g/mol. The minimum atomic E-state index is -1.62. The molecule has 0 aliphatic carbocycles. The van der Waals surface area contributed by atoms with E-state index >= 15 is 0 Å². The number of nitrogens with zero attached hydrogens (tertiary/aromatic N) is 2. The Labute approximate surface area is 277 Å². The maximum Gasteiger partial charge on any atom is 0.251 e. The highest BCUT2D eigenvalue weighted by atomic mass is 16.2. The normalized spacial score (nSPS) is 23.2. The SMILES string of the molecule is CCCn1cc(C(=O)[C@H]2NC(=O)[C@H](CCCCCC(=O)CC)NC(=O)[C@H]3CCCCN3C(=O)[C@H]([C@@H](C)CC)NC2=O)c2ccccc21. The summed E-state index contributed by atoms with van der Waals surface area (Å²) in [6.45, 7) is 8.65. The van der Waals surface area contributed by atoms with Crippen LogP contribution in [0.5, 0.6) is 0 Å². The Kier molecular flexibility index (Phi) is 12.7. The molecule has 2 aliphatic rings. The van der Waals surface area contributed by atoms with Crippen molar-refractivity contribution < 1.29 is 28.8 Å². The monoisotopic (exact) mass is 649 g/mol. The molecule has 0 spiro atoms. The van der Waals surface area contributed by atoms with Gasteiger partial charge in [-0.25, -0.2) is 0 Å². The maximum absolute atomic E-state index is 14.3. The van der Waals surface area contributed by atoms with Gasteiger partial charge in [0.25, 0.3) is 5.91 Å². The van der Waals surface area contributed by atoms with Crippen LogP contribution in [0.25, 0.3) is 10.9 Å². The molecule has 3 heterocycles. The lowest BCUT2D eigenvalue weighted by atomic mass is 9.93. The first-order valence-corrected chi connectivity index (χ1v) is 17.5. The molecule has 11 nitrogen and oxygen atoms in total. The zero-order valence-electron chi connectivity index (χ0n) is 28.3. The molecule has 5 atom stereocenters. The first-order valence-electron chi connectivity index (χ1n) is 17.5. The van der Waals surface area contributed by atoms with E-state index in [2.05, 4.69) is 16.0 Å². The number of piperidine rings is 1. The van der Waals surface area contributed by atoms with E-state index in [1.807, 2.05) is 56.5 Å². The van der Waals surface area contributed by atoms with Crippen LogP contribution in [0.2, 0.25) is 0 Å². The van der Waals surface area contributed by atoms with Gasteiger partial charge >= 0.3 is 0 Å². The largest absolute Gasteiger partial charge is 0.347 e. The number of para-hydroxylation sites is 1. The fourth-order valence-electron chi connectivity index (χ4n) is 6.64. The smallest absolute Gasteiger partial charge is 0.251 e. The second-order valence-electron chi connectivity index (χ2n) is 13.0. The lowest BCUT2D eigenvalue weighted by Gasteiger charge is -2.39. The molecule has 4 rings (SSSR count). The van der Waals surface area contributed by atoms with E-state index < -0.39 is 47.7 Å². The average molecular weight is 650 g/mol. The van der Waals surface area contributed by atoms with Crippen LogP contribution < -0.4 is 16.0 Å². The Bertz CT molecular complexity index is 1470. The third kappa shape index (κ3) is 8.48. The van der Waals surface area contributed by atoms with Gasteiger partial charge in [0, 0.05) is 48.6 Å². The number of amides is 4. The highest BCUT2D eigenvalue weighted by molar-refractivity contribution is 6.20. The van der Waals surface area contributed by atoms with E-state index in [0.29, 0.717) is 69.0 Å². The van der Waals surface area contributed by atoms with Gasteiger partial charge in [-0.15, -0.1) is 0 Å². The number of hydrogen-bond acceptors (Lipinski definition) is 6. The standard InChI is InChI=1S/C36H51N5O6/c1-5-20-40-22-26(25-16-11-12-18-28(25)40)32(43)31-35(46)38-30(23(4)6-2)36(47)41-21-14-13-19-29(41)34(45)37-27(33(44)39-31)17-10-8-9-15-24(42)7-3/h11-12,16,18,22-23,27,29-31H,5-10,13-15,17,19-21H2,1-4H3,(H,37,45)(H,38,46)(H,39,44)/t23-,27-,29+,30-,31+/m0/s1. The van der Waals surface area contributed by atoms with Gasteiger partial charge in [0.1, 0.15) is 23.9 Å². The van der Waals surface area contributed by atoms with Crippen LogP contribution in [-0.2, 0) is 30.5 Å². The Morgan fingerprint density at radius 1 is 0.915 bits per heavy atom. The maximum atomic E-state index is 14.3. The van der Waals surface area contributed by atoms with E-state index in [1.165, 1.54) is 4.90 Å². The van der Waals surface area contributed by atoms with Crippen molar-refractivity contribution in [2.75, 3.05) is 6.54 Å². The number of nitrogens with one attached hydrogen (secondary N) is 3. The van der Waals surface area contributed by atoms with Gasteiger partial charge in [-0.2, -0.15) is 0 Å². The summed E-state index contributed by atoms with van der Waals surface area (Å²) in [5, 5.41) is 9.07. The first kappa shape index (κ1) is 35.8. The molecule has 47 heavy (non-hydrogen) atoms. The minimum absolute atomic E-state index is 0.174. The molecule has 2 saturated heterocycles. The van der Waals surface area contributed by atoms with Crippen LogP contribution in [-0.4, -0.2) is 75.4 Å². The van der Waals surface area contributed by atoms with E-state index in [4.69, 9.17) is 0 Å². The molecule has 11 heteroatoms. The molecule has 2 aromatic rings. The molecule has 0 saturated carbocycles. The molecule has 0 radical (unpaired) electrons. The zero-order valence-corrected chi connectivity index (χ0v) is 28.3. The van der Waals surface area contributed by atoms with E-state index in [0.717, 1.165) is 24.8 Å². The average Bonchev–Trinajstić information content (AvgIpc) is 3.45. The fraction of sp³-hybridized carbons (Fsp3) is 0.611. The van der Waals surface area contributed by atoms with Crippen LogP contribution >= 0.6 is 0 Å². The summed E-state index contributed by atoms with van der Waals surface area (Å²) < 4.78 is 1.96. The van der Waals surface area contributed by atoms with Crippen molar-refractivity contribution in [3.8, 4) is 0 Å². The third-order valence-electron chi connectivity index (χ3n) is 9.67. The summed E-state index contributed by atoms with van der Waals surface area (Å²) in [5.74, 6) is -2.87. The van der Waals surface area contributed by atoms with E-state index in [9.17, 15) is 28.8 Å². The zero-order chi connectivity index (χ0) is 34.1. The van der Waals surface area contributed by atoms with E-state index in [-0.39, 0.29) is 24.0 Å². The minimum Gasteiger partial charge on any atom is -0.347 e. The fourth-order valence-corrected chi connectivity index (χ4v) is 6.64. The summed E-state index contributed by atoms with van der Waals surface area (Å²) in [5.41, 5.74) is 1.14. The van der Waals surface area contributed by atoms with Crippen molar-refractivity contribution in [1.82, 2.24) is 25.4 Å². The Balaban J connectivity index is 1.72. The van der Waals surface area contributed by atoms with Gasteiger partial charge in [0.05, 0.1) is 0 Å². The van der Waals surface area contributed by atoms with Gasteiger partial charge in [-0.1, -0.05) is 65.2 Å². The highest BCUT2D eigenvalue weighted by Crippen LogP contribution is 2.25. The molecule has 256 valence electrons. The van der Waals surface area contributed by atoms with Crippen molar-refractivity contribution in [2.45, 2.75) is 129 Å². The van der Waals surface area contributed by atoms with Crippen LogP contribution in [0.3, 0.4) is 0 Å². The number of rotatable bonds is 13. The third-order valence-corrected chi connectivity index (χ3v) is 9.67. The number of benzene rings is 1. The van der Waals surface area contributed by atoms with Gasteiger partial charge < -0.3 is 25.4 Å². The van der Waals surface area contributed by atoms with E-state index in [1.54, 1.807) is 6.20 Å². The van der Waals surface area contributed by atoms with Crippen LogP contribution in [0, 0.1) is 5.92 Å². The molecule has 2 aliphatic heterocycles.